The molecule has 0 saturated heterocycles. The SMILES string of the molecule is OCc1cn(-c2ccc(NCc3nc(-c4ccco4)no3)cc2)nn1. The molecule has 3 heterocycles. The maximum absolute atomic E-state index is 9.03. The molecular formula is C16H14N6O3. The lowest BCUT2D eigenvalue weighted by atomic mass is 10.3. The average Bonchev–Trinajstić information content (AvgIpc) is 3.41. The molecule has 0 aliphatic heterocycles. The van der Waals surface area contributed by atoms with Crippen LogP contribution in [0.5, 0.6) is 0 Å². The average molecular weight is 338 g/mol. The molecule has 1 aromatic carbocycles. The highest BCUT2D eigenvalue weighted by atomic mass is 16.5. The van der Waals surface area contributed by atoms with Crippen molar-refractivity contribution in [2.24, 2.45) is 0 Å². The summed E-state index contributed by atoms with van der Waals surface area (Å²) in [7, 11) is 0. The monoisotopic (exact) mass is 338 g/mol. The lowest BCUT2D eigenvalue weighted by Gasteiger charge is -2.05. The number of furan rings is 1. The zero-order valence-electron chi connectivity index (χ0n) is 13.0. The van der Waals surface area contributed by atoms with Crippen LogP contribution in [-0.2, 0) is 13.2 Å². The van der Waals surface area contributed by atoms with E-state index in [-0.39, 0.29) is 6.61 Å². The highest BCUT2D eigenvalue weighted by Crippen LogP contribution is 2.17. The van der Waals surface area contributed by atoms with Crippen LogP contribution >= 0.6 is 0 Å². The van der Waals surface area contributed by atoms with Crippen LogP contribution in [0.2, 0.25) is 0 Å². The molecule has 0 unspecified atom stereocenters. The van der Waals surface area contributed by atoms with Crippen molar-refractivity contribution in [3.05, 3.63) is 60.4 Å². The Balaban J connectivity index is 1.40. The second kappa shape index (κ2) is 6.57. The molecule has 9 nitrogen and oxygen atoms in total. The predicted octanol–water partition coefficient (Wildman–Crippen LogP) is 2.01. The van der Waals surface area contributed by atoms with Crippen molar-refractivity contribution in [2.75, 3.05) is 5.32 Å². The van der Waals surface area contributed by atoms with E-state index in [4.69, 9.17) is 14.0 Å². The number of nitrogens with one attached hydrogen (secondary N) is 1. The Bertz CT molecular complexity index is 943. The van der Waals surface area contributed by atoms with E-state index in [1.165, 1.54) is 0 Å². The largest absolute Gasteiger partial charge is 0.461 e. The van der Waals surface area contributed by atoms with Crippen molar-refractivity contribution < 1.29 is 14.0 Å². The van der Waals surface area contributed by atoms with Gasteiger partial charge in [0.15, 0.2) is 5.76 Å². The Morgan fingerprint density at radius 2 is 2.04 bits per heavy atom. The van der Waals surface area contributed by atoms with Gasteiger partial charge in [0.05, 0.1) is 31.3 Å². The molecule has 2 N–H and O–H groups in total. The van der Waals surface area contributed by atoms with Crippen LogP contribution in [0.4, 0.5) is 5.69 Å². The van der Waals surface area contributed by atoms with Crippen LogP contribution in [-0.4, -0.2) is 30.2 Å². The van der Waals surface area contributed by atoms with Gasteiger partial charge >= 0.3 is 0 Å². The smallest absolute Gasteiger partial charge is 0.246 e. The molecular weight excluding hydrogens is 324 g/mol. The Hall–Kier alpha value is -3.46. The third-order valence-corrected chi connectivity index (χ3v) is 3.49. The van der Waals surface area contributed by atoms with E-state index in [9.17, 15) is 0 Å². The molecule has 0 aliphatic carbocycles. The first-order valence-electron chi connectivity index (χ1n) is 7.55. The molecule has 0 spiro atoms. The summed E-state index contributed by atoms with van der Waals surface area (Å²) in [4.78, 5) is 4.26. The van der Waals surface area contributed by atoms with Crippen LogP contribution in [0.3, 0.4) is 0 Å². The molecule has 0 atom stereocenters. The van der Waals surface area contributed by atoms with Crippen LogP contribution in [0.25, 0.3) is 17.3 Å². The van der Waals surface area contributed by atoms with E-state index in [0.29, 0.717) is 29.7 Å². The fraction of sp³-hybridized carbons (Fsp3) is 0.125. The summed E-state index contributed by atoms with van der Waals surface area (Å²) >= 11 is 0. The van der Waals surface area contributed by atoms with E-state index in [2.05, 4.69) is 25.8 Å². The van der Waals surface area contributed by atoms with E-state index >= 15 is 0 Å². The van der Waals surface area contributed by atoms with E-state index in [1.54, 1.807) is 29.3 Å². The maximum Gasteiger partial charge on any atom is 0.246 e. The Labute approximate surface area is 141 Å². The summed E-state index contributed by atoms with van der Waals surface area (Å²) in [5, 5.41) is 23.9. The van der Waals surface area contributed by atoms with Crippen molar-refractivity contribution in [1.29, 1.82) is 0 Å². The summed E-state index contributed by atoms with van der Waals surface area (Å²) in [6, 6.07) is 11.1. The minimum absolute atomic E-state index is 0.135. The van der Waals surface area contributed by atoms with Gasteiger partial charge in [0.2, 0.25) is 11.7 Å². The van der Waals surface area contributed by atoms with Gasteiger partial charge in [-0.05, 0) is 36.4 Å². The Kier molecular flexibility index (Phi) is 3.97. The summed E-state index contributed by atoms with van der Waals surface area (Å²) in [5.74, 6) is 1.44. The van der Waals surface area contributed by atoms with Crippen molar-refractivity contribution in [3.8, 4) is 17.3 Å². The molecule has 0 fully saturated rings. The zero-order valence-corrected chi connectivity index (χ0v) is 13.0. The van der Waals surface area contributed by atoms with Gasteiger partial charge in [-0.1, -0.05) is 10.4 Å². The van der Waals surface area contributed by atoms with Crippen molar-refractivity contribution in [3.63, 3.8) is 0 Å². The van der Waals surface area contributed by atoms with Crippen LogP contribution in [0, 0.1) is 0 Å². The molecule has 0 radical (unpaired) electrons. The van der Waals surface area contributed by atoms with E-state index in [1.807, 2.05) is 24.3 Å². The fourth-order valence-electron chi connectivity index (χ4n) is 2.24. The number of hydrogen-bond donors (Lipinski definition) is 2. The number of rotatable bonds is 6. The van der Waals surface area contributed by atoms with Gasteiger partial charge in [-0.15, -0.1) is 5.10 Å². The van der Waals surface area contributed by atoms with Crippen LogP contribution in [0.15, 0.2) is 57.8 Å². The van der Waals surface area contributed by atoms with Crippen LogP contribution < -0.4 is 5.32 Å². The Morgan fingerprint density at radius 1 is 1.16 bits per heavy atom. The highest BCUT2D eigenvalue weighted by Gasteiger charge is 2.10. The Morgan fingerprint density at radius 3 is 2.76 bits per heavy atom. The number of nitrogens with zero attached hydrogens (tertiary/aromatic N) is 5. The molecule has 3 aromatic heterocycles. The minimum atomic E-state index is -0.135. The number of aliphatic hydroxyl groups excluding tert-OH is 1. The molecule has 9 heteroatoms. The van der Waals surface area contributed by atoms with Gasteiger partial charge in [0, 0.05) is 5.69 Å². The molecule has 0 aliphatic rings. The van der Waals surface area contributed by atoms with E-state index < -0.39 is 0 Å². The normalized spacial score (nSPS) is 10.9. The highest BCUT2D eigenvalue weighted by molar-refractivity contribution is 5.49. The molecule has 4 aromatic rings. The van der Waals surface area contributed by atoms with Crippen molar-refractivity contribution in [2.45, 2.75) is 13.2 Å². The topological polar surface area (TPSA) is 115 Å². The summed E-state index contributed by atoms with van der Waals surface area (Å²) in [5.41, 5.74) is 2.26. The standard InChI is InChI=1S/C16H14N6O3/c23-10-12-9-22(21-19-12)13-5-3-11(4-6-13)17-8-15-18-16(20-25-15)14-2-1-7-24-14/h1-7,9,17,23H,8,10H2. The predicted molar refractivity (Wildman–Crippen MR) is 86.6 cm³/mol. The first kappa shape index (κ1) is 15.1. The lowest BCUT2D eigenvalue weighted by Crippen LogP contribution is -2.00. The quantitative estimate of drug-likeness (QED) is 0.548. The zero-order chi connectivity index (χ0) is 17.1. The third-order valence-electron chi connectivity index (χ3n) is 3.49. The first-order chi connectivity index (χ1) is 12.3. The number of aromatic nitrogens is 5. The maximum atomic E-state index is 9.03. The fourth-order valence-corrected chi connectivity index (χ4v) is 2.24. The second-order valence-corrected chi connectivity index (χ2v) is 5.20. The minimum Gasteiger partial charge on any atom is -0.461 e. The molecule has 25 heavy (non-hydrogen) atoms. The summed E-state index contributed by atoms with van der Waals surface area (Å²) < 4.78 is 12.0. The van der Waals surface area contributed by atoms with Gasteiger partial charge in [-0.2, -0.15) is 4.98 Å². The third kappa shape index (κ3) is 3.26. The number of aliphatic hydroxyl groups is 1. The first-order valence-corrected chi connectivity index (χ1v) is 7.55. The molecule has 0 amide bonds. The molecule has 126 valence electrons. The molecule has 0 bridgehead atoms. The van der Waals surface area contributed by atoms with Gasteiger partial charge in [-0.25, -0.2) is 4.68 Å². The van der Waals surface area contributed by atoms with Gasteiger partial charge in [-0.3, -0.25) is 0 Å². The number of hydrogen-bond acceptors (Lipinski definition) is 8. The number of benzene rings is 1. The van der Waals surface area contributed by atoms with Crippen LogP contribution in [0.1, 0.15) is 11.6 Å². The second-order valence-electron chi connectivity index (χ2n) is 5.20. The van der Waals surface area contributed by atoms with Crippen molar-refractivity contribution in [1.82, 2.24) is 25.1 Å². The molecule has 4 rings (SSSR count). The van der Waals surface area contributed by atoms with Gasteiger partial charge in [0.25, 0.3) is 0 Å². The van der Waals surface area contributed by atoms with Gasteiger partial charge in [0.1, 0.15) is 5.69 Å². The van der Waals surface area contributed by atoms with E-state index in [0.717, 1.165) is 11.4 Å². The summed E-state index contributed by atoms with van der Waals surface area (Å²) in [6.45, 7) is 0.259. The number of anilines is 1. The summed E-state index contributed by atoms with van der Waals surface area (Å²) in [6.07, 6.45) is 3.24. The molecule has 0 saturated carbocycles. The van der Waals surface area contributed by atoms with Gasteiger partial charge < -0.3 is 19.4 Å². The van der Waals surface area contributed by atoms with Crippen molar-refractivity contribution >= 4 is 5.69 Å². The lowest BCUT2D eigenvalue weighted by molar-refractivity contribution is 0.276.